The highest BCUT2D eigenvalue weighted by atomic mass is 19.4. The van der Waals surface area contributed by atoms with Crippen LogP contribution in [0.2, 0.25) is 0 Å². The van der Waals surface area contributed by atoms with Crippen LogP contribution in [0.3, 0.4) is 0 Å². The number of carbonyl (C=O) groups is 5. The van der Waals surface area contributed by atoms with Crippen molar-refractivity contribution in [2.45, 2.75) is 83.2 Å². The van der Waals surface area contributed by atoms with Crippen molar-refractivity contribution in [1.29, 1.82) is 0 Å². The van der Waals surface area contributed by atoms with Crippen molar-refractivity contribution in [3.8, 4) is 0 Å². The Kier molecular flexibility index (Phi) is 6.51. The number of rotatable bonds is 8. The highest BCUT2D eigenvalue weighted by Gasteiger charge is 2.70. The van der Waals surface area contributed by atoms with E-state index in [1.165, 1.54) is 4.90 Å². The van der Waals surface area contributed by atoms with Crippen LogP contribution < -0.4 is 21.7 Å². The van der Waals surface area contributed by atoms with Gasteiger partial charge in [-0.3, -0.25) is 24.0 Å². The molecule has 2 saturated heterocycles. The lowest BCUT2D eigenvalue weighted by atomic mass is 9.91. The number of halogens is 3. The van der Waals surface area contributed by atoms with Gasteiger partial charge < -0.3 is 26.6 Å². The first-order chi connectivity index (χ1) is 16.9. The molecule has 2 heterocycles. The van der Waals surface area contributed by atoms with Crippen LogP contribution >= 0.6 is 0 Å². The van der Waals surface area contributed by atoms with E-state index in [1.807, 2.05) is 33.0 Å². The lowest BCUT2D eigenvalue weighted by Gasteiger charge is -2.34. The van der Waals surface area contributed by atoms with E-state index in [0.29, 0.717) is 19.3 Å². The van der Waals surface area contributed by atoms with Crippen molar-refractivity contribution in [2.24, 2.45) is 34.8 Å². The SMILES string of the molecule is CC1(C)C[C@@H](C[C@H](NC(=O)[C@@H]2[C@@H]3[C@H](CN2C(=O)[C@@H](NC(=O)C(F)(F)F)C2CC2)C3(C)C)C(N)=O)C(=O)N1. The van der Waals surface area contributed by atoms with E-state index in [-0.39, 0.29) is 36.1 Å². The zero-order valence-electron chi connectivity index (χ0n) is 21.3. The number of nitrogens with zero attached hydrogens (tertiary/aromatic N) is 1. The van der Waals surface area contributed by atoms with Gasteiger partial charge in [-0.15, -0.1) is 0 Å². The predicted molar refractivity (Wildman–Crippen MR) is 123 cm³/mol. The molecule has 2 aliphatic carbocycles. The van der Waals surface area contributed by atoms with Crippen LogP contribution in [0.15, 0.2) is 0 Å². The fourth-order valence-corrected chi connectivity index (χ4v) is 6.20. The minimum absolute atomic E-state index is 0.0131. The number of hydrogen-bond donors (Lipinski definition) is 4. The van der Waals surface area contributed by atoms with Crippen molar-refractivity contribution in [3.63, 3.8) is 0 Å². The second-order valence-corrected chi connectivity index (χ2v) is 12.1. The van der Waals surface area contributed by atoms with Gasteiger partial charge in [0.2, 0.25) is 23.6 Å². The average Bonchev–Trinajstić information content (AvgIpc) is 3.59. The number of primary amides is 1. The highest BCUT2D eigenvalue weighted by molar-refractivity contribution is 5.96. The van der Waals surface area contributed by atoms with Crippen LogP contribution in [-0.4, -0.2) is 70.8 Å². The Hall–Kier alpha value is -2.86. The summed E-state index contributed by atoms with van der Waals surface area (Å²) in [5, 5.41) is 7.25. The minimum Gasteiger partial charge on any atom is -0.368 e. The number of fused-ring (bicyclic) bond motifs is 1. The molecule has 4 aliphatic rings. The zero-order valence-corrected chi connectivity index (χ0v) is 21.3. The molecule has 2 aliphatic heterocycles. The summed E-state index contributed by atoms with van der Waals surface area (Å²) in [4.78, 5) is 64.3. The molecule has 0 aromatic heterocycles. The fraction of sp³-hybridized carbons (Fsp3) is 0.792. The lowest BCUT2D eigenvalue weighted by Crippen LogP contribution is -2.59. The quantitative estimate of drug-likeness (QED) is 0.354. The van der Waals surface area contributed by atoms with Crippen LogP contribution in [0.4, 0.5) is 13.2 Å². The number of likely N-dealkylation sites (tertiary alicyclic amines) is 1. The molecule has 5 N–H and O–H groups in total. The number of piperidine rings is 1. The molecule has 10 nitrogen and oxygen atoms in total. The molecule has 206 valence electrons. The fourth-order valence-electron chi connectivity index (χ4n) is 6.20. The Balaban J connectivity index is 1.51. The van der Waals surface area contributed by atoms with Gasteiger partial charge in [0.25, 0.3) is 0 Å². The van der Waals surface area contributed by atoms with Crippen molar-refractivity contribution in [1.82, 2.24) is 20.9 Å². The Bertz CT molecular complexity index is 1020. The van der Waals surface area contributed by atoms with E-state index in [2.05, 4.69) is 10.6 Å². The number of nitrogens with one attached hydrogen (secondary N) is 3. The number of alkyl halides is 3. The van der Waals surface area contributed by atoms with Crippen molar-refractivity contribution >= 4 is 29.5 Å². The third-order valence-corrected chi connectivity index (χ3v) is 8.43. The summed E-state index contributed by atoms with van der Waals surface area (Å²) in [5.41, 5.74) is 4.78. The van der Waals surface area contributed by atoms with Gasteiger partial charge >= 0.3 is 12.1 Å². The number of amides is 5. The normalized spacial score (nSPS) is 31.1. The van der Waals surface area contributed by atoms with E-state index < -0.39 is 65.3 Å². The summed E-state index contributed by atoms with van der Waals surface area (Å²) in [6.07, 6.45) is -3.74. The number of nitrogens with two attached hydrogens (primary N) is 1. The van der Waals surface area contributed by atoms with Crippen molar-refractivity contribution in [2.75, 3.05) is 6.54 Å². The van der Waals surface area contributed by atoms with E-state index >= 15 is 0 Å². The molecular weight excluding hydrogens is 495 g/mol. The van der Waals surface area contributed by atoms with Crippen LogP contribution in [-0.2, 0) is 24.0 Å². The maximum Gasteiger partial charge on any atom is 0.471 e. The van der Waals surface area contributed by atoms with Gasteiger partial charge in [-0.1, -0.05) is 13.8 Å². The van der Waals surface area contributed by atoms with Gasteiger partial charge in [0.1, 0.15) is 18.1 Å². The minimum atomic E-state index is -5.14. The predicted octanol–water partition coefficient (Wildman–Crippen LogP) is 0.201. The Morgan fingerprint density at radius 2 is 1.76 bits per heavy atom. The molecule has 0 unspecified atom stereocenters. The Morgan fingerprint density at radius 3 is 2.24 bits per heavy atom. The molecule has 4 fully saturated rings. The zero-order chi connectivity index (χ0) is 27.7. The van der Waals surface area contributed by atoms with Crippen LogP contribution in [0.1, 0.15) is 53.4 Å². The summed E-state index contributed by atoms with van der Waals surface area (Å²) in [5.74, 6) is -5.97. The van der Waals surface area contributed by atoms with Crippen LogP contribution in [0.25, 0.3) is 0 Å². The second kappa shape index (κ2) is 8.87. The second-order valence-electron chi connectivity index (χ2n) is 12.1. The van der Waals surface area contributed by atoms with E-state index in [9.17, 15) is 37.1 Å². The molecule has 0 radical (unpaired) electrons. The van der Waals surface area contributed by atoms with Crippen LogP contribution in [0.5, 0.6) is 0 Å². The first-order valence-electron chi connectivity index (χ1n) is 12.5. The van der Waals surface area contributed by atoms with E-state index in [4.69, 9.17) is 5.73 Å². The lowest BCUT2D eigenvalue weighted by molar-refractivity contribution is -0.175. The summed E-state index contributed by atoms with van der Waals surface area (Å²) in [6.45, 7) is 7.71. The average molecular weight is 530 g/mol. The topological polar surface area (TPSA) is 151 Å². The molecule has 6 atom stereocenters. The molecule has 0 aromatic rings. The van der Waals surface area contributed by atoms with Crippen molar-refractivity contribution < 1.29 is 37.1 Å². The Labute approximate surface area is 212 Å². The molecule has 0 spiro atoms. The van der Waals surface area contributed by atoms with Gasteiger partial charge in [-0.2, -0.15) is 13.2 Å². The van der Waals surface area contributed by atoms with Crippen molar-refractivity contribution in [3.05, 3.63) is 0 Å². The first kappa shape index (κ1) is 27.2. The smallest absolute Gasteiger partial charge is 0.368 e. The monoisotopic (exact) mass is 529 g/mol. The third-order valence-electron chi connectivity index (χ3n) is 8.43. The molecular formula is C24H34F3N5O5. The van der Waals surface area contributed by atoms with Gasteiger partial charge in [0.05, 0.1) is 0 Å². The maximum absolute atomic E-state index is 13.5. The highest BCUT2D eigenvalue weighted by Crippen LogP contribution is 2.65. The first-order valence-corrected chi connectivity index (χ1v) is 12.5. The molecule has 13 heteroatoms. The number of carbonyl (C=O) groups excluding carboxylic acids is 5. The van der Waals surface area contributed by atoms with Gasteiger partial charge in [0, 0.05) is 18.0 Å². The van der Waals surface area contributed by atoms with E-state index in [1.54, 1.807) is 0 Å². The Morgan fingerprint density at radius 1 is 1.14 bits per heavy atom. The molecule has 4 rings (SSSR count). The third kappa shape index (κ3) is 5.26. The largest absolute Gasteiger partial charge is 0.471 e. The summed E-state index contributed by atoms with van der Waals surface area (Å²) >= 11 is 0. The molecule has 5 amide bonds. The molecule has 0 bridgehead atoms. The summed E-state index contributed by atoms with van der Waals surface area (Å²) < 4.78 is 38.7. The standard InChI is InChI=1S/C24H34F3N5O5/c1-22(2)8-11(18(34)31-22)7-13(17(28)33)29-19(35)16-14-12(23(14,3)4)9-32(16)20(36)15(10-5-6-10)30-21(37)24(25,26)27/h10-16H,5-9H2,1-4H3,(H2,28,33)(H,29,35)(H,30,37)(H,31,34)/t11-,12+,13+,14+,15+,16+/m1/s1. The maximum atomic E-state index is 13.5. The summed E-state index contributed by atoms with van der Waals surface area (Å²) in [7, 11) is 0. The molecule has 2 saturated carbocycles. The molecule has 37 heavy (non-hydrogen) atoms. The number of hydrogen-bond acceptors (Lipinski definition) is 5. The summed E-state index contributed by atoms with van der Waals surface area (Å²) in [6, 6.07) is -3.59. The molecule has 0 aromatic carbocycles. The van der Waals surface area contributed by atoms with Gasteiger partial charge in [-0.25, -0.2) is 0 Å². The van der Waals surface area contributed by atoms with E-state index in [0.717, 1.165) is 0 Å². The van der Waals surface area contributed by atoms with Crippen LogP contribution in [0, 0.1) is 29.1 Å². The van der Waals surface area contributed by atoms with Gasteiger partial charge in [0.15, 0.2) is 0 Å². The van der Waals surface area contributed by atoms with Gasteiger partial charge in [-0.05, 0) is 62.7 Å².